The van der Waals surface area contributed by atoms with Crippen molar-refractivity contribution in [3.8, 4) is 5.75 Å². The topological polar surface area (TPSA) is 291 Å². The number of halogens is 1. The van der Waals surface area contributed by atoms with E-state index in [2.05, 4.69) is 47.2 Å². The number of hydrogen-bond acceptors (Lipinski definition) is 15. The Bertz CT molecular complexity index is 2310. The van der Waals surface area contributed by atoms with Crippen LogP contribution in [0.4, 0.5) is 4.79 Å². The third-order valence-electron chi connectivity index (χ3n) is 12.8. The van der Waals surface area contributed by atoms with Crippen molar-refractivity contribution in [2.75, 3.05) is 45.2 Å². The number of ether oxygens (including phenoxy) is 3. The number of carbonyl (C=O) groups excluding carboxylic acids is 8. The van der Waals surface area contributed by atoms with Crippen molar-refractivity contribution in [3.63, 3.8) is 0 Å². The third-order valence-corrected chi connectivity index (χ3v) is 15.0. The van der Waals surface area contributed by atoms with Gasteiger partial charge in [-0.25, -0.2) is 9.59 Å². The molecule has 3 fully saturated rings. The zero-order chi connectivity index (χ0) is 51.0. The number of nitrogens with one attached hydrogen (secondary N) is 4. The molecule has 0 bridgehead atoms. The highest BCUT2D eigenvalue weighted by Gasteiger charge is 2.42. The highest BCUT2D eigenvalue weighted by atomic mass is 79.9. The molecule has 4 N–H and O–H groups in total. The molecule has 0 radical (unpaired) electrons. The van der Waals surface area contributed by atoms with E-state index in [4.69, 9.17) is 24.2 Å². The zero-order valence-electron chi connectivity index (χ0n) is 40.1. The molecule has 5 atom stereocenters. The molecule has 1 aliphatic carbocycles. The van der Waals surface area contributed by atoms with Crippen LogP contribution < -0.4 is 31.6 Å². The minimum Gasteiger partial charge on any atom is -0.492 e. The van der Waals surface area contributed by atoms with Crippen molar-refractivity contribution >= 4 is 85.6 Å². The summed E-state index contributed by atoms with van der Waals surface area (Å²) >= 11 is 5.45. The van der Waals surface area contributed by atoms with E-state index >= 15 is 0 Å². The summed E-state index contributed by atoms with van der Waals surface area (Å²) in [7, 11) is 0. The van der Waals surface area contributed by atoms with E-state index in [9.17, 15) is 43.2 Å². The molecule has 3 heterocycles. The molecule has 1 aromatic carbocycles. The Labute approximate surface area is 425 Å². The van der Waals surface area contributed by atoms with Gasteiger partial charge in [-0.15, -0.1) is 0 Å². The second-order valence-electron chi connectivity index (χ2n) is 18.3. The second-order valence-corrected chi connectivity index (χ2v) is 20.4. The first-order valence-corrected chi connectivity index (χ1v) is 26.6. The number of hydrogen-bond donors (Lipinski definition) is 4. The smallest absolute Gasteiger partial charge is 0.408 e. The Hall–Kier alpha value is -5.31. The van der Waals surface area contributed by atoms with E-state index < -0.39 is 35.2 Å². The maximum absolute atomic E-state index is 13.4. The molecule has 2 unspecified atom stereocenters. The van der Waals surface area contributed by atoms with Crippen molar-refractivity contribution < 1.29 is 57.0 Å². The summed E-state index contributed by atoms with van der Waals surface area (Å²) in [5.41, 5.74) is 8.21. The van der Waals surface area contributed by atoms with Gasteiger partial charge in [-0.2, -0.15) is 11.8 Å². The van der Waals surface area contributed by atoms with Gasteiger partial charge in [0.25, 0.3) is 0 Å². The largest absolute Gasteiger partial charge is 0.492 e. The lowest BCUT2D eigenvalue weighted by molar-refractivity contribution is -0.139. The van der Waals surface area contributed by atoms with Gasteiger partial charge in [-0.3, -0.25) is 33.6 Å². The van der Waals surface area contributed by atoms with Crippen LogP contribution in [0.25, 0.3) is 21.4 Å². The van der Waals surface area contributed by atoms with Crippen molar-refractivity contribution in [1.29, 1.82) is 0 Å². The Morgan fingerprint density at radius 1 is 0.873 bits per heavy atom. The van der Waals surface area contributed by atoms with E-state index in [0.717, 1.165) is 25.0 Å². The molecular formula is C49H66BrN7O13S. The third kappa shape index (κ3) is 20.0. The molecule has 0 spiro atoms. The van der Waals surface area contributed by atoms with Gasteiger partial charge in [0.05, 0.1) is 24.3 Å². The van der Waals surface area contributed by atoms with Crippen molar-refractivity contribution in [3.05, 3.63) is 49.1 Å². The van der Waals surface area contributed by atoms with Crippen molar-refractivity contribution in [2.45, 2.75) is 146 Å². The molecule has 388 valence electrons. The number of rotatable bonds is 33. The first-order chi connectivity index (χ1) is 34.3. The number of alkyl carbamates (subject to hydrolysis) is 1. The average molecular weight is 1070 g/mol. The summed E-state index contributed by atoms with van der Waals surface area (Å²) < 4.78 is 22.8. The van der Waals surface area contributed by atoms with Crippen LogP contribution in [0.3, 0.4) is 0 Å². The standard InChI is InChI=1S/C49H66BrN7O13S/c50-37-26-35-32(25-47(64)70-42(35)28-43(37)68-20-7-6-17-52-45(62)13-5-4-12-44-36-27-46(63)55-39(36)30-71-44)29-69-49(66)56-38(11-3-1-2-9-33(58)16-21-67-22-19-54-57-51)48(65)53-18-8-10-34(59)23-31-14-15-40(60)41(61)24-31/h25-26,28,31,36,38-39,44H,1-24,27,29-30H2,(H,52,62)(H,53,65)(H,55,63)(H,56,66)/t31?,36-,38?,39-,44-/m0/s1. The molecule has 22 heteroatoms. The number of carbonyl (C=O) groups is 8. The van der Waals surface area contributed by atoms with E-state index in [-0.39, 0.29) is 106 Å². The molecular weight excluding hydrogens is 1010 g/mol. The number of fused-ring (bicyclic) bond motifs is 2. The number of benzene rings is 1. The summed E-state index contributed by atoms with van der Waals surface area (Å²) in [6.07, 6.45) is 8.08. The quantitative estimate of drug-likeness (QED) is 0.0146. The molecule has 1 saturated carbocycles. The summed E-state index contributed by atoms with van der Waals surface area (Å²) in [4.78, 5) is 114. The van der Waals surface area contributed by atoms with Crippen LogP contribution in [-0.2, 0) is 49.6 Å². The van der Waals surface area contributed by atoms with Gasteiger partial charge in [0.1, 0.15) is 35.5 Å². The van der Waals surface area contributed by atoms with Crippen LogP contribution in [0.15, 0.2) is 37.0 Å². The Kier molecular flexibility index (Phi) is 24.3. The summed E-state index contributed by atoms with van der Waals surface area (Å²) in [5, 5.41) is 15.8. The van der Waals surface area contributed by atoms with Crippen LogP contribution in [0, 0.1) is 11.8 Å². The second kappa shape index (κ2) is 30.5. The molecule has 2 aromatic rings. The fraction of sp³-hybridized carbons (Fsp3) is 0.653. The highest BCUT2D eigenvalue weighted by molar-refractivity contribution is 9.10. The van der Waals surface area contributed by atoms with Crippen LogP contribution in [-0.4, -0.2) is 109 Å². The molecule has 2 saturated heterocycles. The SMILES string of the molecule is [N-]=[N+]=NCCOCCC(=O)CCCCCC(NC(=O)OCc1cc(=O)oc2cc(OCCCCNC(=O)CCCC[C@@H]3SC[C@@H]4NC(=O)C[C@@H]43)c(Br)cc12)C(=O)NCCCC(=O)CC1CCC(=O)C(=O)C1. The maximum atomic E-state index is 13.4. The van der Waals surface area contributed by atoms with E-state index in [1.165, 1.54) is 6.07 Å². The number of ketones is 4. The average Bonchev–Trinajstić information content (AvgIpc) is 3.90. The van der Waals surface area contributed by atoms with Gasteiger partial charge < -0.3 is 39.9 Å². The number of amides is 4. The lowest BCUT2D eigenvalue weighted by Gasteiger charge is -2.19. The van der Waals surface area contributed by atoms with Crippen LogP contribution >= 0.6 is 27.7 Å². The van der Waals surface area contributed by atoms with E-state index in [0.29, 0.717) is 116 Å². The first kappa shape index (κ1) is 56.6. The number of azide groups is 1. The molecule has 3 aliphatic rings. The first-order valence-electron chi connectivity index (χ1n) is 24.7. The molecule has 4 amide bonds. The van der Waals surface area contributed by atoms with E-state index in [1.54, 1.807) is 12.1 Å². The highest BCUT2D eigenvalue weighted by Crippen LogP contribution is 2.40. The van der Waals surface area contributed by atoms with Crippen molar-refractivity contribution in [1.82, 2.24) is 21.3 Å². The van der Waals surface area contributed by atoms with Gasteiger partial charge in [0, 0.05) is 122 Å². The summed E-state index contributed by atoms with van der Waals surface area (Å²) in [5.74, 6) is 0.437. The monoisotopic (exact) mass is 1070 g/mol. The number of thioether (sulfide) groups is 1. The minimum absolute atomic E-state index is 0.00744. The van der Waals surface area contributed by atoms with Gasteiger partial charge >= 0.3 is 11.7 Å². The maximum Gasteiger partial charge on any atom is 0.408 e. The van der Waals surface area contributed by atoms with Crippen molar-refractivity contribution in [2.24, 2.45) is 17.0 Å². The van der Waals surface area contributed by atoms with Gasteiger partial charge in [0.2, 0.25) is 17.7 Å². The molecule has 71 heavy (non-hydrogen) atoms. The number of Topliss-reactive ketones (excluding diaryl/α,β-unsaturated/α-hetero) is 4. The molecule has 5 rings (SSSR count). The Morgan fingerprint density at radius 2 is 1.68 bits per heavy atom. The van der Waals surface area contributed by atoms with Crippen LogP contribution in [0.2, 0.25) is 0 Å². The van der Waals surface area contributed by atoms with E-state index in [1.807, 2.05) is 11.8 Å². The predicted molar refractivity (Wildman–Crippen MR) is 267 cm³/mol. The van der Waals surface area contributed by atoms with Crippen LogP contribution in [0.1, 0.15) is 128 Å². The lowest BCUT2D eigenvalue weighted by atomic mass is 9.84. The normalized spacial score (nSPS) is 18.8. The Morgan fingerprint density at radius 3 is 2.49 bits per heavy atom. The zero-order valence-corrected chi connectivity index (χ0v) is 42.5. The fourth-order valence-electron chi connectivity index (χ4n) is 8.93. The lowest BCUT2D eigenvalue weighted by Crippen LogP contribution is -2.47. The number of nitrogens with zero attached hydrogens (tertiary/aromatic N) is 3. The molecule has 2 aliphatic heterocycles. The Balaban J connectivity index is 1.04. The predicted octanol–water partition coefficient (Wildman–Crippen LogP) is 6.64. The summed E-state index contributed by atoms with van der Waals surface area (Å²) in [6, 6.07) is 3.76. The van der Waals surface area contributed by atoms with Gasteiger partial charge in [0.15, 0.2) is 11.6 Å². The molecule has 1 aromatic heterocycles. The minimum atomic E-state index is -1.02. The van der Waals surface area contributed by atoms with Gasteiger partial charge in [-0.1, -0.05) is 24.4 Å². The van der Waals surface area contributed by atoms with Gasteiger partial charge in [-0.05, 0) is 84.8 Å². The van der Waals surface area contributed by atoms with Crippen LogP contribution in [0.5, 0.6) is 5.75 Å². The number of unbranched alkanes of at least 4 members (excludes halogenated alkanes) is 4. The fourth-order valence-corrected chi connectivity index (χ4v) is 11.0. The summed E-state index contributed by atoms with van der Waals surface area (Å²) in [6.45, 7) is 1.29. The molecule has 20 nitrogen and oxygen atoms in total.